The highest BCUT2D eigenvalue weighted by atomic mass is 16.3. The summed E-state index contributed by atoms with van der Waals surface area (Å²) in [6, 6.07) is 8.31. The lowest BCUT2D eigenvalue weighted by molar-refractivity contribution is -0.127. The summed E-state index contributed by atoms with van der Waals surface area (Å²) < 4.78 is 0. The molecule has 0 saturated carbocycles. The summed E-state index contributed by atoms with van der Waals surface area (Å²) in [5, 5.41) is 9.35. The van der Waals surface area contributed by atoms with Gasteiger partial charge in [-0.3, -0.25) is 4.79 Å². The van der Waals surface area contributed by atoms with Gasteiger partial charge in [0.15, 0.2) is 0 Å². The molecular formula is C13H17NO2. The van der Waals surface area contributed by atoms with E-state index in [0.717, 1.165) is 6.42 Å². The van der Waals surface area contributed by atoms with Gasteiger partial charge in [-0.2, -0.15) is 0 Å². The van der Waals surface area contributed by atoms with Crippen LogP contribution in [-0.4, -0.2) is 35.1 Å². The molecule has 1 aliphatic rings. The first-order chi connectivity index (χ1) is 7.65. The summed E-state index contributed by atoms with van der Waals surface area (Å²) in [5.74, 6) is 0.0696. The largest absolute Gasteiger partial charge is 0.391 e. The van der Waals surface area contributed by atoms with E-state index in [1.165, 1.54) is 11.1 Å². The summed E-state index contributed by atoms with van der Waals surface area (Å²) in [5.41, 5.74) is 2.49. The highest BCUT2D eigenvalue weighted by Gasteiger charge is 2.27. The van der Waals surface area contributed by atoms with Crippen LogP contribution in [0.1, 0.15) is 17.5 Å². The number of hydrogen-bond acceptors (Lipinski definition) is 2. The zero-order valence-corrected chi connectivity index (χ0v) is 9.52. The van der Waals surface area contributed by atoms with Crippen LogP contribution in [-0.2, 0) is 11.2 Å². The standard InChI is InChI=1S/C13H17NO2/c1-10-3-2-4-11(7-10)5-6-14-9-12(15)8-13(14)16/h2-4,7,12,15H,5-6,8-9H2,1H3. The molecule has 1 amide bonds. The van der Waals surface area contributed by atoms with Gasteiger partial charge in [-0.05, 0) is 18.9 Å². The van der Waals surface area contributed by atoms with Gasteiger partial charge in [0.05, 0.1) is 12.5 Å². The number of aliphatic hydroxyl groups excluding tert-OH is 1. The summed E-state index contributed by atoms with van der Waals surface area (Å²) in [7, 11) is 0. The molecule has 0 radical (unpaired) electrons. The minimum Gasteiger partial charge on any atom is -0.391 e. The van der Waals surface area contributed by atoms with E-state index in [1.54, 1.807) is 4.90 Å². The van der Waals surface area contributed by atoms with E-state index in [9.17, 15) is 9.90 Å². The van der Waals surface area contributed by atoms with Crippen molar-refractivity contribution in [3.63, 3.8) is 0 Å². The van der Waals surface area contributed by atoms with Gasteiger partial charge in [0.1, 0.15) is 0 Å². The number of carbonyl (C=O) groups is 1. The lowest BCUT2D eigenvalue weighted by Crippen LogP contribution is -2.28. The predicted molar refractivity (Wildman–Crippen MR) is 62.1 cm³/mol. The Morgan fingerprint density at radius 3 is 2.94 bits per heavy atom. The molecule has 1 unspecified atom stereocenters. The Morgan fingerprint density at radius 1 is 1.50 bits per heavy atom. The topological polar surface area (TPSA) is 40.5 Å². The molecule has 3 heteroatoms. The third-order valence-electron chi connectivity index (χ3n) is 2.95. The molecule has 0 bridgehead atoms. The summed E-state index contributed by atoms with van der Waals surface area (Å²) >= 11 is 0. The van der Waals surface area contributed by atoms with Crippen LogP contribution in [0.2, 0.25) is 0 Å². The molecule has 1 aliphatic heterocycles. The number of β-amino-alcohol motifs (C(OH)–C–C–N with tert-alkyl or cyclic N) is 1. The van der Waals surface area contributed by atoms with Crippen molar-refractivity contribution in [1.82, 2.24) is 4.90 Å². The van der Waals surface area contributed by atoms with Crippen LogP contribution in [0.25, 0.3) is 0 Å². The Labute approximate surface area is 95.7 Å². The third kappa shape index (κ3) is 2.61. The Morgan fingerprint density at radius 2 is 2.31 bits per heavy atom. The first-order valence-corrected chi connectivity index (χ1v) is 5.66. The Bertz CT molecular complexity index is 389. The second kappa shape index (κ2) is 4.66. The zero-order valence-electron chi connectivity index (χ0n) is 9.52. The maximum absolute atomic E-state index is 11.4. The molecule has 0 aliphatic carbocycles. The fourth-order valence-corrected chi connectivity index (χ4v) is 2.10. The van der Waals surface area contributed by atoms with Crippen molar-refractivity contribution in [1.29, 1.82) is 0 Å². The van der Waals surface area contributed by atoms with Crippen LogP contribution in [0.4, 0.5) is 0 Å². The second-order valence-electron chi connectivity index (χ2n) is 4.44. The molecule has 1 aromatic rings. The number of rotatable bonds is 3. The molecule has 1 saturated heterocycles. The third-order valence-corrected chi connectivity index (χ3v) is 2.95. The van der Waals surface area contributed by atoms with Crippen molar-refractivity contribution >= 4 is 5.91 Å². The van der Waals surface area contributed by atoms with E-state index >= 15 is 0 Å². The number of amides is 1. The van der Waals surface area contributed by atoms with Gasteiger partial charge >= 0.3 is 0 Å². The fourth-order valence-electron chi connectivity index (χ4n) is 2.10. The number of aryl methyl sites for hydroxylation is 1. The molecule has 3 nitrogen and oxygen atoms in total. The van der Waals surface area contributed by atoms with Crippen LogP contribution < -0.4 is 0 Å². The second-order valence-corrected chi connectivity index (χ2v) is 4.44. The average molecular weight is 219 g/mol. The molecular weight excluding hydrogens is 202 g/mol. The van der Waals surface area contributed by atoms with Gasteiger partial charge in [-0.15, -0.1) is 0 Å². The average Bonchev–Trinajstić information content (AvgIpc) is 2.54. The molecule has 1 heterocycles. The number of carbonyl (C=O) groups excluding carboxylic acids is 1. The zero-order chi connectivity index (χ0) is 11.5. The minimum atomic E-state index is -0.468. The van der Waals surface area contributed by atoms with Crippen molar-refractivity contribution in [3.8, 4) is 0 Å². The molecule has 86 valence electrons. The SMILES string of the molecule is Cc1cccc(CCN2CC(O)CC2=O)c1. The van der Waals surface area contributed by atoms with Gasteiger partial charge in [0.2, 0.25) is 5.91 Å². The first kappa shape index (κ1) is 11.1. The maximum Gasteiger partial charge on any atom is 0.225 e. The first-order valence-electron chi connectivity index (χ1n) is 5.66. The number of nitrogens with zero attached hydrogens (tertiary/aromatic N) is 1. The smallest absolute Gasteiger partial charge is 0.225 e. The number of likely N-dealkylation sites (tertiary alicyclic amines) is 1. The number of hydrogen-bond donors (Lipinski definition) is 1. The summed E-state index contributed by atoms with van der Waals surface area (Å²) in [6.07, 6.45) is 0.679. The van der Waals surface area contributed by atoms with E-state index in [2.05, 4.69) is 25.1 Å². The van der Waals surface area contributed by atoms with Crippen molar-refractivity contribution in [2.75, 3.05) is 13.1 Å². The van der Waals surface area contributed by atoms with Gasteiger partial charge in [0, 0.05) is 13.1 Å². The van der Waals surface area contributed by atoms with E-state index in [0.29, 0.717) is 13.1 Å². The quantitative estimate of drug-likeness (QED) is 0.828. The number of benzene rings is 1. The van der Waals surface area contributed by atoms with Crippen LogP contribution in [0.3, 0.4) is 0 Å². The minimum absolute atomic E-state index is 0.0696. The Balaban J connectivity index is 1.90. The Hall–Kier alpha value is -1.35. The summed E-state index contributed by atoms with van der Waals surface area (Å²) in [6.45, 7) is 3.26. The highest BCUT2D eigenvalue weighted by molar-refractivity contribution is 5.79. The molecule has 0 spiro atoms. The van der Waals surface area contributed by atoms with Gasteiger partial charge < -0.3 is 10.0 Å². The van der Waals surface area contributed by atoms with Crippen LogP contribution in [0.5, 0.6) is 0 Å². The van der Waals surface area contributed by atoms with Crippen molar-refractivity contribution in [2.45, 2.75) is 25.9 Å². The van der Waals surface area contributed by atoms with E-state index in [-0.39, 0.29) is 12.3 Å². The fraction of sp³-hybridized carbons (Fsp3) is 0.462. The maximum atomic E-state index is 11.4. The van der Waals surface area contributed by atoms with Crippen molar-refractivity contribution in [3.05, 3.63) is 35.4 Å². The molecule has 16 heavy (non-hydrogen) atoms. The van der Waals surface area contributed by atoms with Gasteiger partial charge in [0.25, 0.3) is 0 Å². The number of aliphatic hydroxyl groups is 1. The van der Waals surface area contributed by atoms with Gasteiger partial charge in [-0.25, -0.2) is 0 Å². The van der Waals surface area contributed by atoms with Crippen LogP contribution in [0, 0.1) is 6.92 Å². The van der Waals surface area contributed by atoms with Crippen LogP contribution >= 0.6 is 0 Å². The molecule has 0 aromatic heterocycles. The molecule has 1 N–H and O–H groups in total. The molecule has 1 fully saturated rings. The van der Waals surface area contributed by atoms with Crippen molar-refractivity contribution < 1.29 is 9.90 Å². The van der Waals surface area contributed by atoms with Crippen LogP contribution in [0.15, 0.2) is 24.3 Å². The lowest BCUT2D eigenvalue weighted by Gasteiger charge is -2.15. The molecule has 1 aromatic carbocycles. The predicted octanol–water partition coefficient (Wildman–Crippen LogP) is 1.13. The summed E-state index contributed by atoms with van der Waals surface area (Å²) in [4.78, 5) is 13.2. The highest BCUT2D eigenvalue weighted by Crippen LogP contribution is 2.12. The van der Waals surface area contributed by atoms with E-state index in [1.807, 2.05) is 6.07 Å². The van der Waals surface area contributed by atoms with Gasteiger partial charge in [-0.1, -0.05) is 29.8 Å². The lowest BCUT2D eigenvalue weighted by atomic mass is 10.1. The Kier molecular flexibility index (Phi) is 3.25. The van der Waals surface area contributed by atoms with E-state index < -0.39 is 6.10 Å². The molecule has 2 rings (SSSR count). The molecule has 1 atom stereocenters. The monoisotopic (exact) mass is 219 g/mol. The van der Waals surface area contributed by atoms with E-state index in [4.69, 9.17) is 0 Å². The van der Waals surface area contributed by atoms with Crippen molar-refractivity contribution in [2.24, 2.45) is 0 Å². The normalized spacial score (nSPS) is 20.5.